The molecular weight excluding hydrogens is 250 g/mol. The third-order valence-corrected chi connectivity index (χ3v) is 3.69. The van der Waals surface area contributed by atoms with E-state index < -0.39 is 0 Å². The van der Waals surface area contributed by atoms with Gasteiger partial charge in [0.2, 0.25) is 5.88 Å². The van der Waals surface area contributed by atoms with Crippen molar-refractivity contribution < 1.29 is 9.47 Å². The molecule has 1 atom stereocenters. The monoisotopic (exact) mass is 269 g/mol. The van der Waals surface area contributed by atoms with E-state index in [0.717, 1.165) is 23.6 Å². The topological polar surface area (TPSA) is 47.8 Å². The zero-order valence-corrected chi connectivity index (χ0v) is 11.8. The molecule has 100 valence electrons. The number of nitrogens with zero attached hydrogens (tertiary/aromatic N) is 2. The van der Waals surface area contributed by atoms with Gasteiger partial charge in [0.25, 0.3) is 0 Å². The summed E-state index contributed by atoms with van der Waals surface area (Å²) in [5, 5.41) is 5.49. The molecule has 0 aliphatic carbocycles. The summed E-state index contributed by atoms with van der Waals surface area (Å²) in [5.74, 6) is 0.696. The van der Waals surface area contributed by atoms with E-state index in [1.165, 1.54) is 0 Å². The van der Waals surface area contributed by atoms with E-state index in [4.69, 9.17) is 9.47 Å². The van der Waals surface area contributed by atoms with Gasteiger partial charge in [-0.05, 0) is 6.42 Å². The quantitative estimate of drug-likeness (QED) is 0.834. The number of fused-ring (bicyclic) bond motifs is 1. The zero-order chi connectivity index (χ0) is 13.0. The minimum absolute atomic E-state index is 0.351. The number of hydrogen-bond donors (Lipinski definition) is 1. The van der Waals surface area contributed by atoms with Gasteiger partial charge in [-0.1, -0.05) is 6.92 Å². The predicted octanol–water partition coefficient (Wildman–Crippen LogP) is 1.92. The number of aromatic nitrogens is 2. The molecule has 0 saturated heterocycles. The maximum atomic E-state index is 5.32. The van der Waals surface area contributed by atoms with Crippen LogP contribution in [0.2, 0.25) is 0 Å². The molecule has 0 spiro atoms. The summed E-state index contributed by atoms with van der Waals surface area (Å²) >= 11 is 1.61. The van der Waals surface area contributed by atoms with Crippen molar-refractivity contribution in [2.45, 2.75) is 25.9 Å². The second-order valence-corrected chi connectivity index (χ2v) is 4.94. The van der Waals surface area contributed by atoms with Crippen molar-refractivity contribution in [2.24, 2.45) is 0 Å². The maximum absolute atomic E-state index is 5.32. The third-order valence-electron chi connectivity index (χ3n) is 2.94. The van der Waals surface area contributed by atoms with Crippen LogP contribution < -0.4 is 10.1 Å². The first-order valence-electron chi connectivity index (χ1n) is 6.00. The van der Waals surface area contributed by atoms with Crippen LogP contribution in [-0.2, 0) is 11.3 Å². The van der Waals surface area contributed by atoms with Gasteiger partial charge in [0.15, 0.2) is 4.96 Å². The highest BCUT2D eigenvalue weighted by atomic mass is 32.1. The van der Waals surface area contributed by atoms with Crippen molar-refractivity contribution in [2.75, 3.05) is 20.8 Å². The van der Waals surface area contributed by atoms with E-state index in [9.17, 15) is 0 Å². The first-order valence-corrected chi connectivity index (χ1v) is 6.88. The summed E-state index contributed by atoms with van der Waals surface area (Å²) in [6.45, 7) is 3.58. The molecule has 2 aromatic heterocycles. The standard InChI is InChI=1S/C12H19N3O2S/c1-4-9(8-16-2)13-7-10-11(17-3)14-12-15(10)5-6-18-12/h5-6,9,13H,4,7-8H2,1-3H3. The van der Waals surface area contributed by atoms with Gasteiger partial charge in [0.05, 0.1) is 13.7 Å². The van der Waals surface area contributed by atoms with Gasteiger partial charge in [0.1, 0.15) is 5.69 Å². The van der Waals surface area contributed by atoms with Crippen LogP contribution in [0.3, 0.4) is 0 Å². The Morgan fingerprint density at radius 3 is 3.00 bits per heavy atom. The van der Waals surface area contributed by atoms with Crippen LogP contribution in [0, 0.1) is 0 Å². The van der Waals surface area contributed by atoms with Crippen LogP contribution in [0.25, 0.3) is 4.96 Å². The number of rotatable bonds is 7. The molecule has 0 fully saturated rings. The Hall–Kier alpha value is -1.11. The average Bonchev–Trinajstić information content (AvgIpc) is 2.95. The van der Waals surface area contributed by atoms with Gasteiger partial charge in [-0.2, -0.15) is 4.98 Å². The first kappa shape index (κ1) is 13.3. The van der Waals surface area contributed by atoms with Gasteiger partial charge in [-0.3, -0.25) is 4.40 Å². The van der Waals surface area contributed by atoms with Gasteiger partial charge in [0, 0.05) is 31.3 Å². The SMILES string of the molecule is CCC(COC)NCc1c(OC)nc2sccn12. The fourth-order valence-electron chi connectivity index (χ4n) is 1.90. The summed E-state index contributed by atoms with van der Waals surface area (Å²) in [7, 11) is 3.38. The van der Waals surface area contributed by atoms with Crippen LogP contribution in [0.1, 0.15) is 19.0 Å². The van der Waals surface area contributed by atoms with Crippen molar-refractivity contribution in [1.29, 1.82) is 0 Å². The molecule has 18 heavy (non-hydrogen) atoms. The molecule has 6 heteroatoms. The van der Waals surface area contributed by atoms with Crippen molar-refractivity contribution in [1.82, 2.24) is 14.7 Å². The summed E-state index contributed by atoms with van der Waals surface area (Å²) < 4.78 is 12.6. The van der Waals surface area contributed by atoms with Crippen molar-refractivity contribution >= 4 is 16.3 Å². The summed E-state index contributed by atoms with van der Waals surface area (Å²) in [6.07, 6.45) is 3.05. The highest BCUT2D eigenvalue weighted by Crippen LogP contribution is 2.22. The minimum atomic E-state index is 0.351. The Balaban J connectivity index is 2.11. The number of ether oxygens (including phenoxy) is 2. The molecule has 1 N–H and O–H groups in total. The van der Waals surface area contributed by atoms with E-state index in [2.05, 4.69) is 21.6 Å². The molecule has 0 bridgehead atoms. The highest BCUT2D eigenvalue weighted by Gasteiger charge is 2.14. The van der Waals surface area contributed by atoms with Crippen molar-refractivity contribution in [3.8, 4) is 5.88 Å². The molecule has 0 radical (unpaired) electrons. The Morgan fingerprint density at radius 1 is 1.50 bits per heavy atom. The average molecular weight is 269 g/mol. The van der Waals surface area contributed by atoms with E-state index in [-0.39, 0.29) is 0 Å². The molecule has 1 unspecified atom stereocenters. The number of imidazole rings is 1. The highest BCUT2D eigenvalue weighted by molar-refractivity contribution is 7.15. The number of hydrogen-bond acceptors (Lipinski definition) is 5. The molecule has 0 amide bonds. The predicted molar refractivity (Wildman–Crippen MR) is 72.4 cm³/mol. The third kappa shape index (κ3) is 2.66. The Morgan fingerprint density at radius 2 is 2.33 bits per heavy atom. The van der Waals surface area contributed by atoms with Crippen molar-refractivity contribution in [3.05, 3.63) is 17.3 Å². The van der Waals surface area contributed by atoms with E-state index in [1.54, 1.807) is 25.6 Å². The van der Waals surface area contributed by atoms with Crippen LogP contribution in [-0.4, -0.2) is 36.3 Å². The molecular formula is C12H19N3O2S. The van der Waals surface area contributed by atoms with Gasteiger partial charge < -0.3 is 14.8 Å². The minimum Gasteiger partial charge on any atom is -0.480 e. The lowest BCUT2D eigenvalue weighted by Gasteiger charge is -2.15. The fourth-order valence-corrected chi connectivity index (χ4v) is 2.62. The molecule has 0 aromatic carbocycles. The van der Waals surface area contributed by atoms with E-state index in [0.29, 0.717) is 18.5 Å². The summed E-state index contributed by atoms with van der Waals surface area (Å²) in [4.78, 5) is 5.39. The lowest BCUT2D eigenvalue weighted by Crippen LogP contribution is -2.32. The van der Waals surface area contributed by atoms with Gasteiger partial charge >= 0.3 is 0 Å². The second kappa shape index (κ2) is 6.17. The van der Waals surface area contributed by atoms with Crippen LogP contribution in [0.5, 0.6) is 5.88 Å². The lowest BCUT2D eigenvalue weighted by molar-refractivity contribution is 0.163. The fraction of sp³-hybridized carbons (Fsp3) is 0.583. The Bertz CT molecular complexity index is 494. The van der Waals surface area contributed by atoms with Crippen LogP contribution in [0.15, 0.2) is 11.6 Å². The largest absolute Gasteiger partial charge is 0.480 e. The lowest BCUT2D eigenvalue weighted by atomic mass is 10.2. The molecule has 2 aromatic rings. The Labute approximate surface area is 111 Å². The zero-order valence-electron chi connectivity index (χ0n) is 11.0. The molecule has 0 saturated carbocycles. The van der Waals surface area contributed by atoms with Gasteiger partial charge in [-0.15, -0.1) is 11.3 Å². The smallest absolute Gasteiger partial charge is 0.237 e. The molecule has 2 heterocycles. The Kier molecular flexibility index (Phi) is 4.57. The van der Waals surface area contributed by atoms with Crippen LogP contribution >= 0.6 is 11.3 Å². The number of nitrogens with one attached hydrogen (secondary N) is 1. The molecule has 0 aliphatic rings. The number of methoxy groups -OCH3 is 2. The van der Waals surface area contributed by atoms with Crippen LogP contribution in [0.4, 0.5) is 0 Å². The summed E-state index contributed by atoms with van der Waals surface area (Å²) in [5.41, 5.74) is 1.06. The summed E-state index contributed by atoms with van der Waals surface area (Å²) in [6, 6.07) is 0.351. The van der Waals surface area contributed by atoms with Crippen molar-refractivity contribution in [3.63, 3.8) is 0 Å². The number of thiazole rings is 1. The van der Waals surface area contributed by atoms with E-state index in [1.807, 2.05) is 11.6 Å². The second-order valence-electron chi connectivity index (χ2n) is 4.06. The molecule has 0 aliphatic heterocycles. The first-order chi connectivity index (χ1) is 8.80. The molecule has 5 nitrogen and oxygen atoms in total. The molecule has 2 rings (SSSR count). The normalized spacial score (nSPS) is 13.1. The maximum Gasteiger partial charge on any atom is 0.237 e. The van der Waals surface area contributed by atoms with E-state index >= 15 is 0 Å². The van der Waals surface area contributed by atoms with Gasteiger partial charge in [-0.25, -0.2) is 0 Å².